The third-order valence-electron chi connectivity index (χ3n) is 3.39. The molecule has 0 aromatic heterocycles. The lowest BCUT2D eigenvalue weighted by molar-refractivity contribution is -0.160. The lowest BCUT2D eigenvalue weighted by atomic mass is 10.1. The Bertz CT molecular complexity index is 609. The Morgan fingerprint density at radius 2 is 1.91 bits per heavy atom. The third kappa shape index (κ3) is 4.57. The monoisotopic (exact) mass is 352 g/mol. The number of halogens is 5. The molecule has 1 N–H and O–H groups in total. The van der Waals surface area contributed by atoms with Gasteiger partial charge in [0.25, 0.3) is 5.91 Å². The molecule has 2 rings (SSSR count). The molecule has 126 valence electrons. The lowest BCUT2D eigenvalue weighted by Gasteiger charge is -2.17. The molecule has 0 aliphatic carbocycles. The standard InChI is InChI=1S/C14H13ClF4N2O2/c15-9-4-2-1-3-8(9)13(23)20-11-7-21(6-10(11)16)12(22)5-14(17,18)19/h1-4,10-11H,5-7H2,(H,20,23)/t10-,11+/m0/s1. The predicted octanol–water partition coefficient (Wildman–Crippen LogP) is 2.57. The van der Waals surface area contributed by atoms with Crippen LogP contribution >= 0.6 is 11.6 Å². The molecule has 2 amide bonds. The third-order valence-corrected chi connectivity index (χ3v) is 3.72. The Kier molecular flexibility index (Phi) is 5.13. The summed E-state index contributed by atoms with van der Waals surface area (Å²) in [6.45, 7) is -0.797. The summed E-state index contributed by atoms with van der Waals surface area (Å²) in [6, 6.07) is 5.03. The van der Waals surface area contributed by atoms with Gasteiger partial charge in [0, 0.05) is 6.54 Å². The number of rotatable bonds is 3. The van der Waals surface area contributed by atoms with Gasteiger partial charge in [-0.25, -0.2) is 4.39 Å². The van der Waals surface area contributed by atoms with E-state index in [1.54, 1.807) is 12.1 Å². The number of nitrogens with one attached hydrogen (secondary N) is 1. The van der Waals surface area contributed by atoms with E-state index in [1.807, 2.05) is 0 Å². The number of carbonyl (C=O) groups is 2. The van der Waals surface area contributed by atoms with Crippen LogP contribution in [-0.2, 0) is 4.79 Å². The fourth-order valence-corrected chi connectivity index (χ4v) is 2.50. The van der Waals surface area contributed by atoms with E-state index >= 15 is 0 Å². The van der Waals surface area contributed by atoms with Gasteiger partial charge in [-0.15, -0.1) is 0 Å². The van der Waals surface area contributed by atoms with Gasteiger partial charge in [-0.05, 0) is 12.1 Å². The lowest BCUT2D eigenvalue weighted by Crippen LogP contribution is -2.42. The van der Waals surface area contributed by atoms with Crippen LogP contribution in [0.2, 0.25) is 5.02 Å². The molecule has 2 atom stereocenters. The molecule has 0 radical (unpaired) electrons. The molecule has 4 nitrogen and oxygen atoms in total. The van der Waals surface area contributed by atoms with E-state index in [1.165, 1.54) is 12.1 Å². The molecule has 0 bridgehead atoms. The smallest absolute Gasteiger partial charge is 0.344 e. The SMILES string of the molecule is O=C(N[C@@H]1CN(C(=O)CC(F)(F)F)C[C@@H]1F)c1ccccc1Cl. The number of hydrogen-bond acceptors (Lipinski definition) is 2. The van der Waals surface area contributed by atoms with Crippen molar-refractivity contribution < 1.29 is 27.2 Å². The highest BCUT2D eigenvalue weighted by Gasteiger charge is 2.40. The second kappa shape index (κ2) is 6.74. The van der Waals surface area contributed by atoms with Crippen LogP contribution in [0.25, 0.3) is 0 Å². The van der Waals surface area contributed by atoms with Crippen molar-refractivity contribution in [3.63, 3.8) is 0 Å². The maximum absolute atomic E-state index is 13.9. The van der Waals surface area contributed by atoms with Crippen LogP contribution in [0, 0.1) is 0 Å². The average Bonchev–Trinajstić information content (AvgIpc) is 2.79. The van der Waals surface area contributed by atoms with Gasteiger partial charge in [0.05, 0.1) is 23.2 Å². The minimum Gasteiger partial charge on any atom is -0.344 e. The van der Waals surface area contributed by atoms with Gasteiger partial charge in [-0.2, -0.15) is 13.2 Å². The van der Waals surface area contributed by atoms with E-state index in [0.29, 0.717) is 0 Å². The summed E-state index contributed by atoms with van der Waals surface area (Å²) in [6.07, 6.45) is -7.94. The molecule has 23 heavy (non-hydrogen) atoms. The number of hydrogen-bond donors (Lipinski definition) is 1. The van der Waals surface area contributed by atoms with Gasteiger partial charge in [0.15, 0.2) is 0 Å². The second-order valence-corrected chi connectivity index (χ2v) is 5.57. The van der Waals surface area contributed by atoms with Crippen molar-refractivity contribution in [3.05, 3.63) is 34.9 Å². The molecule has 0 saturated carbocycles. The molecule has 1 heterocycles. The van der Waals surface area contributed by atoms with Crippen molar-refractivity contribution in [1.82, 2.24) is 10.2 Å². The van der Waals surface area contributed by atoms with Gasteiger partial charge >= 0.3 is 6.18 Å². The number of alkyl halides is 4. The molecule has 1 aromatic rings. The van der Waals surface area contributed by atoms with Gasteiger partial charge in [-0.1, -0.05) is 23.7 Å². The summed E-state index contributed by atoms with van der Waals surface area (Å²) in [5.41, 5.74) is 0.126. The van der Waals surface area contributed by atoms with Crippen LogP contribution < -0.4 is 5.32 Å². The van der Waals surface area contributed by atoms with Gasteiger partial charge in [0.1, 0.15) is 12.6 Å². The number of amides is 2. The Labute approximate surface area is 134 Å². The van der Waals surface area contributed by atoms with E-state index in [-0.39, 0.29) is 17.1 Å². The zero-order valence-corrected chi connectivity index (χ0v) is 12.5. The summed E-state index contributed by atoms with van der Waals surface area (Å²) in [7, 11) is 0. The molecule has 1 aliphatic heterocycles. The summed E-state index contributed by atoms with van der Waals surface area (Å²) >= 11 is 5.85. The number of nitrogens with zero attached hydrogens (tertiary/aromatic N) is 1. The first-order valence-corrected chi connectivity index (χ1v) is 7.09. The molecule has 1 saturated heterocycles. The Morgan fingerprint density at radius 3 is 2.52 bits per heavy atom. The van der Waals surface area contributed by atoms with Gasteiger partial charge < -0.3 is 10.2 Å². The topological polar surface area (TPSA) is 49.4 Å². The molecule has 1 aliphatic rings. The normalized spacial score (nSPS) is 21.3. The van der Waals surface area contributed by atoms with Crippen LogP contribution in [0.15, 0.2) is 24.3 Å². The van der Waals surface area contributed by atoms with Crippen molar-refractivity contribution in [3.8, 4) is 0 Å². The second-order valence-electron chi connectivity index (χ2n) is 5.17. The first kappa shape index (κ1) is 17.5. The Morgan fingerprint density at radius 1 is 1.26 bits per heavy atom. The van der Waals surface area contributed by atoms with E-state index in [4.69, 9.17) is 11.6 Å². The fourth-order valence-electron chi connectivity index (χ4n) is 2.28. The highest BCUT2D eigenvalue weighted by molar-refractivity contribution is 6.33. The first-order valence-electron chi connectivity index (χ1n) is 6.71. The van der Waals surface area contributed by atoms with E-state index in [0.717, 1.165) is 4.90 Å². The van der Waals surface area contributed by atoms with Crippen LogP contribution in [0.1, 0.15) is 16.8 Å². The van der Waals surface area contributed by atoms with Crippen molar-refractivity contribution in [2.24, 2.45) is 0 Å². The number of carbonyl (C=O) groups excluding carboxylic acids is 2. The van der Waals surface area contributed by atoms with Gasteiger partial charge in [-0.3, -0.25) is 9.59 Å². The van der Waals surface area contributed by atoms with Crippen LogP contribution in [0.5, 0.6) is 0 Å². The molecular weight excluding hydrogens is 340 g/mol. The summed E-state index contributed by atoms with van der Waals surface area (Å²) in [5, 5.41) is 2.53. The predicted molar refractivity (Wildman–Crippen MR) is 74.9 cm³/mol. The van der Waals surface area contributed by atoms with Crippen molar-refractivity contribution in [1.29, 1.82) is 0 Å². The highest BCUT2D eigenvalue weighted by Crippen LogP contribution is 2.23. The van der Waals surface area contributed by atoms with E-state index in [2.05, 4.69) is 5.32 Å². The van der Waals surface area contributed by atoms with Gasteiger partial charge in [0.2, 0.25) is 5.91 Å². The van der Waals surface area contributed by atoms with Crippen molar-refractivity contribution >= 4 is 23.4 Å². The quantitative estimate of drug-likeness (QED) is 0.850. The molecule has 0 spiro atoms. The molecule has 9 heteroatoms. The minimum absolute atomic E-state index is 0.126. The average molecular weight is 353 g/mol. The fraction of sp³-hybridized carbons (Fsp3) is 0.429. The maximum atomic E-state index is 13.9. The van der Waals surface area contributed by atoms with Crippen molar-refractivity contribution in [2.45, 2.75) is 24.8 Å². The van der Waals surface area contributed by atoms with Crippen LogP contribution in [0.4, 0.5) is 17.6 Å². The Hall–Kier alpha value is -1.83. The van der Waals surface area contributed by atoms with E-state index in [9.17, 15) is 27.2 Å². The highest BCUT2D eigenvalue weighted by atomic mass is 35.5. The maximum Gasteiger partial charge on any atom is 0.397 e. The van der Waals surface area contributed by atoms with Crippen LogP contribution in [0.3, 0.4) is 0 Å². The summed E-state index contributed by atoms with van der Waals surface area (Å²) in [5.74, 6) is -1.86. The largest absolute Gasteiger partial charge is 0.397 e. The summed E-state index contributed by atoms with van der Waals surface area (Å²) < 4.78 is 50.5. The van der Waals surface area contributed by atoms with Crippen molar-refractivity contribution in [2.75, 3.05) is 13.1 Å². The van der Waals surface area contributed by atoms with E-state index < -0.39 is 43.2 Å². The minimum atomic E-state index is -4.65. The zero-order chi connectivity index (χ0) is 17.2. The number of likely N-dealkylation sites (tertiary alicyclic amines) is 1. The van der Waals surface area contributed by atoms with Crippen LogP contribution in [-0.4, -0.2) is 48.2 Å². The molecular formula is C14H13ClF4N2O2. The molecule has 1 fully saturated rings. The summed E-state index contributed by atoms with van der Waals surface area (Å²) in [4.78, 5) is 24.3. The first-order chi connectivity index (χ1) is 10.7. The zero-order valence-electron chi connectivity index (χ0n) is 11.7. The Balaban J connectivity index is 1.98. The number of benzene rings is 1. The molecule has 1 aromatic carbocycles. The molecule has 0 unspecified atom stereocenters.